The summed E-state index contributed by atoms with van der Waals surface area (Å²) in [4.78, 5) is 11.4. The van der Waals surface area contributed by atoms with Crippen molar-refractivity contribution in [3.63, 3.8) is 0 Å². The van der Waals surface area contributed by atoms with Gasteiger partial charge >= 0.3 is 0 Å². The van der Waals surface area contributed by atoms with Crippen molar-refractivity contribution in [3.05, 3.63) is 24.3 Å². The topological polar surface area (TPSA) is 50.4 Å². The number of anilines is 2. The van der Waals surface area contributed by atoms with Crippen LogP contribution in [0.3, 0.4) is 0 Å². The highest BCUT2D eigenvalue weighted by Gasteiger charge is 2.00. The second kappa shape index (κ2) is 8.53. The molecular formula is C14H22N2O2. The minimum atomic E-state index is 0.0679. The van der Waals surface area contributed by atoms with E-state index in [1.165, 1.54) is 0 Å². The number of carbonyl (C=O) groups is 1. The molecule has 1 rings (SSSR count). The maximum absolute atomic E-state index is 11.4. The van der Waals surface area contributed by atoms with Crippen molar-refractivity contribution in [1.82, 2.24) is 0 Å². The van der Waals surface area contributed by atoms with Crippen molar-refractivity contribution in [1.29, 1.82) is 0 Å². The summed E-state index contributed by atoms with van der Waals surface area (Å²) in [5, 5.41) is 6.15. The Morgan fingerprint density at radius 3 is 2.50 bits per heavy atom. The number of hydrogen-bond acceptors (Lipinski definition) is 3. The van der Waals surface area contributed by atoms with Gasteiger partial charge in [0.2, 0.25) is 5.91 Å². The molecule has 0 aliphatic carbocycles. The predicted molar refractivity (Wildman–Crippen MR) is 75.0 cm³/mol. The lowest BCUT2D eigenvalue weighted by atomic mass is 10.2. The SMILES string of the molecule is CCCC(=O)Nc1ccc(NCCCOC)cc1. The summed E-state index contributed by atoms with van der Waals surface area (Å²) in [6.07, 6.45) is 2.41. The molecule has 1 aromatic carbocycles. The summed E-state index contributed by atoms with van der Waals surface area (Å²) in [6.45, 7) is 3.64. The first-order valence-electron chi connectivity index (χ1n) is 6.39. The smallest absolute Gasteiger partial charge is 0.224 e. The molecule has 0 heterocycles. The molecule has 0 aliphatic heterocycles. The Morgan fingerprint density at radius 2 is 1.89 bits per heavy atom. The number of rotatable bonds is 8. The average Bonchev–Trinajstić information content (AvgIpc) is 2.37. The lowest BCUT2D eigenvalue weighted by molar-refractivity contribution is -0.116. The van der Waals surface area contributed by atoms with Gasteiger partial charge in [-0.25, -0.2) is 0 Å². The number of nitrogens with one attached hydrogen (secondary N) is 2. The van der Waals surface area contributed by atoms with Crippen LogP contribution in [0.1, 0.15) is 26.2 Å². The largest absolute Gasteiger partial charge is 0.385 e. The fourth-order valence-corrected chi connectivity index (χ4v) is 1.57. The van der Waals surface area contributed by atoms with Crippen molar-refractivity contribution < 1.29 is 9.53 Å². The van der Waals surface area contributed by atoms with Gasteiger partial charge in [-0.3, -0.25) is 4.79 Å². The van der Waals surface area contributed by atoms with E-state index >= 15 is 0 Å². The molecule has 0 saturated heterocycles. The normalized spacial score (nSPS) is 10.1. The number of benzene rings is 1. The molecule has 0 fully saturated rings. The summed E-state index contributed by atoms with van der Waals surface area (Å²) in [6, 6.07) is 7.75. The molecule has 4 nitrogen and oxygen atoms in total. The average molecular weight is 250 g/mol. The molecule has 0 aromatic heterocycles. The van der Waals surface area contributed by atoms with Gasteiger partial charge in [0.1, 0.15) is 0 Å². The van der Waals surface area contributed by atoms with E-state index in [9.17, 15) is 4.79 Å². The minimum Gasteiger partial charge on any atom is -0.385 e. The molecule has 0 saturated carbocycles. The van der Waals surface area contributed by atoms with Gasteiger partial charge in [0, 0.05) is 38.1 Å². The Morgan fingerprint density at radius 1 is 1.22 bits per heavy atom. The molecule has 0 spiro atoms. The standard InChI is InChI=1S/C14H22N2O2/c1-3-5-14(17)16-13-8-6-12(7-9-13)15-10-4-11-18-2/h6-9,15H,3-5,10-11H2,1-2H3,(H,16,17). The van der Waals surface area contributed by atoms with Crippen molar-refractivity contribution in [2.75, 3.05) is 30.9 Å². The van der Waals surface area contributed by atoms with Crippen LogP contribution in [0, 0.1) is 0 Å². The van der Waals surface area contributed by atoms with E-state index in [-0.39, 0.29) is 5.91 Å². The fourth-order valence-electron chi connectivity index (χ4n) is 1.57. The summed E-state index contributed by atoms with van der Waals surface area (Å²) in [5.41, 5.74) is 1.90. The van der Waals surface area contributed by atoms with Crippen LogP contribution >= 0.6 is 0 Å². The summed E-state index contributed by atoms with van der Waals surface area (Å²) in [7, 11) is 1.70. The zero-order valence-corrected chi connectivity index (χ0v) is 11.2. The summed E-state index contributed by atoms with van der Waals surface area (Å²) in [5.74, 6) is 0.0679. The predicted octanol–water partition coefficient (Wildman–Crippen LogP) is 2.87. The third kappa shape index (κ3) is 5.68. The Bertz CT molecular complexity index is 349. The van der Waals surface area contributed by atoms with E-state index in [0.717, 1.165) is 37.4 Å². The first-order chi connectivity index (χ1) is 8.76. The minimum absolute atomic E-state index is 0.0679. The fraction of sp³-hybridized carbons (Fsp3) is 0.500. The monoisotopic (exact) mass is 250 g/mol. The van der Waals surface area contributed by atoms with Gasteiger partial charge in [0.25, 0.3) is 0 Å². The third-order valence-electron chi connectivity index (χ3n) is 2.50. The van der Waals surface area contributed by atoms with Crippen LogP contribution < -0.4 is 10.6 Å². The van der Waals surface area contributed by atoms with E-state index < -0.39 is 0 Å². The first kappa shape index (κ1) is 14.5. The number of hydrogen-bond donors (Lipinski definition) is 2. The quantitative estimate of drug-likeness (QED) is 0.697. The van der Waals surface area contributed by atoms with Crippen LogP contribution in [0.15, 0.2) is 24.3 Å². The van der Waals surface area contributed by atoms with Crippen LogP contribution in [-0.2, 0) is 9.53 Å². The first-order valence-corrected chi connectivity index (χ1v) is 6.39. The molecule has 4 heteroatoms. The summed E-state index contributed by atoms with van der Waals surface area (Å²) < 4.78 is 4.98. The van der Waals surface area contributed by atoms with Gasteiger partial charge in [-0.2, -0.15) is 0 Å². The van der Waals surface area contributed by atoms with E-state index in [1.807, 2.05) is 31.2 Å². The van der Waals surface area contributed by atoms with Gasteiger partial charge in [0.15, 0.2) is 0 Å². The molecule has 1 amide bonds. The molecule has 0 atom stereocenters. The summed E-state index contributed by atoms with van der Waals surface area (Å²) >= 11 is 0. The highest BCUT2D eigenvalue weighted by Crippen LogP contribution is 2.13. The molecular weight excluding hydrogens is 228 g/mol. The third-order valence-corrected chi connectivity index (χ3v) is 2.50. The number of methoxy groups -OCH3 is 1. The molecule has 2 N–H and O–H groups in total. The van der Waals surface area contributed by atoms with E-state index in [0.29, 0.717) is 6.42 Å². The maximum atomic E-state index is 11.4. The van der Waals surface area contributed by atoms with Crippen molar-refractivity contribution in [2.45, 2.75) is 26.2 Å². The van der Waals surface area contributed by atoms with Gasteiger partial charge in [-0.1, -0.05) is 6.92 Å². The van der Waals surface area contributed by atoms with Crippen LogP contribution in [0.4, 0.5) is 11.4 Å². The van der Waals surface area contributed by atoms with Crippen LogP contribution in [0.25, 0.3) is 0 Å². The molecule has 0 aliphatic rings. The van der Waals surface area contributed by atoms with Crippen molar-refractivity contribution >= 4 is 17.3 Å². The zero-order valence-electron chi connectivity index (χ0n) is 11.2. The van der Waals surface area contributed by atoms with Gasteiger partial charge in [-0.05, 0) is 37.1 Å². The molecule has 100 valence electrons. The molecule has 0 unspecified atom stereocenters. The lowest BCUT2D eigenvalue weighted by Gasteiger charge is -2.08. The second-order valence-corrected chi connectivity index (χ2v) is 4.15. The number of ether oxygens (including phenoxy) is 1. The number of carbonyl (C=O) groups excluding carboxylic acids is 1. The Labute approximate surface area is 109 Å². The molecule has 0 bridgehead atoms. The van der Waals surface area contributed by atoms with Crippen LogP contribution in [0.5, 0.6) is 0 Å². The Balaban J connectivity index is 2.35. The molecule has 0 radical (unpaired) electrons. The van der Waals surface area contributed by atoms with Gasteiger partial charge in [0.05, 0.1) is 0 Å². The molecule has 18 heavy (non-hydrogen) atoms. The molecule has 1 aromatic rings. The Hall–Kier alpha value is -1.55. The highest BCUT2D eigenvalue weighted by atomic mass is 16.5. The lowest BCUT2D eigenvalue weighted by Crippen LogP contribution is -2.10. The van der Waals surface area contributed by atoms with E-state index in [4.69, 9.17) is 4.74 Å². The maximum Gasteiger partial charge on any atom is 0.224 e. The van der Waals surface area contributed by atoms with Crippen molar-refractivity contribution in [3.8, 4) is 0 Å². The highest BCUT2D eigenvalue weighted by molar-refractivity contribution is 5.90. The zero-order chi connectivity index (χ0) is 13.2. The van der Waals surface area contributed by atoms with Gasteiger partial charge < -0.3 is 15.4 Å². The van der Waals surface area contributed by atoms with E-state index in [1.54, 1.807) is 7.11 Å². The van der Waals surface area contributed by atoms with Crippen LogP contribution in [0.2, 0.25) is 0 Å². The van der Waals surface area contributed by atoms with E-state index in [2.05, 4.69) is 10.6 Å². The van der Waals surface area contributed by atoms with Crippen LogP contribution in [-0.4, -0.2) is 26.2 Å². The Kier molecular flexibility index (Phi) is 6.87. The number of amides is 1. The van der Waals surface area contributed by atoms with Crippen molar-refractivity contribution in [2.24, 2.45) is 0 Å². The second-order valence-electron chi connectivity index (χ2n) is 4.15. The van der Waals surface area contributed by atoms with Gasteiger partial charge in [-0.15, -0.1) is 0 Å².